The minimum atomic E-state index is -1.20. The standard InChI is InChI=1S/C26H31N3O7/c1-26(2)10-5-4-7-16-8-6-9-19-18(16)12-21(28(19)3)24(33)36-17-11-20(23(31)32)29(14-17)22(30)13-27-25(34)35-15-26/h4,6-9,12,17,20H,5,10-11,13-15H2,1-3H3,(H,27,34)(H,31,32)/b7-4-/t17-,20+/m1/s1. The van der Waals surface area contributed by atoms with E-state index >= 15 is 0 Å². The van der Waals surface area contributed by atoms with E-state index in [1.807, 2.05) is 38.1 Å². The predicted molar refractivity (Wildman–Crippen MR) is 131 cm³/mol. The number of hydrogen-bond donors (Lipinski definition) is 2. The van der Waals surface area contributed by atoms with Crippen molar-refractivity contribution in [2.45, 2.75) is 45.3 Å². The second-order valence-electron chi connectivity index (χ2n) is 10.1. The Hall–Kier alpha value is -3.82. The fourth-order valence-electron chi connectivity index (χ4n) is 4.65. The number of rotatable bonds is 1. The lowest BCUT2D eigenvalue weighted by atomic mass is 9.88. The van der Waals surface area contributed by atoms with Crippen LogP contribution < -0.4 is 5.32 Å². The maximum atomic E-state index is 13.1. The molecule has 192 valence electrons. The first kappa shape index (κ1) is 25.3. The molecule has 0 unspecified atom stereocenters. The van der Waals surface area contributed by atoms with Crippen LogP contribution in [0.3, 0.4) is 0 Å². The number of amides is 2. The first-order valence-electron chi connectivity index (χ1n) is 11.9. The number of ether oxygens (including phenoxy) is 2. The summed E-state index contributed by atoms with van der Waals surface area (Å²) in [7, 11) is 1.78. The summed E-state index contributed by atoms with van der Waals surface area (Å²) < 4.78 is 12.7. The number of carbonyl (C=O) groups excluding carboxylic acids is 3. The number of cyclic esters (lactones) is 1. The first-order chi connectivity index (χ1) is 17.1. The molecule has 10 heteroatoms. The Balaban J connectivity index is 1.66. The van der Waals surface area contributed by atoms with Gasteiger partial charge >= 0.3 is 18.0 Å². The average Bonchev–Trinajstić information content (AvgIpc) is 3.40. The quantitative estimate of drug-likeness (QED) is 0.580. The number of nitrogens with zero attached hydrogens (tertiary/aromatic N) is 2. The maximum Gasteiger partial charge on any atom is 0.407 e. The zero-order chi connectivity index (χ0) is 26.0. The molecular formula is C26H31N3O7. The molecule has 0 radical (unpaired) electrons. The third-order valence-electron chi connectivity index (χ3n) is 6.73. The largest absolute Gasteiger partial charge is 0.480 e. The summed E-state index contributed by atoms with van der Waals surface area (Å²) in [5.41, 5.74) is 1.86. The summed E-state index contributed by atoms with van der Waals surface area (Å²) in [5.74, 6) is -2.39. The smallest absolute Gasteiger partial charge is 0.407 e. The minimum Gasteiger partial charge on any atom is -0.480 e. The van der Waals surface area contributed by atoms with Crippen molar-refractivity contribution < 1.29 is 33.8 Å². The van der Waals surface area contributed by atoms with Crippen molar-refractivity contribution in [3.8, 4) is 0 Å². The fourth-order valence-corrected chi connectivity index (χ4v) is 4.65. The molecule has 2 amide bonds. The Kier molecular flexibility index (Phi) is 7.05. The molecule has 36 heavy (non-hydrogen) atoms. The average molecular weight is 498 g/mol. The van der Waals surface area contributed by atoms with Gasteiger partial charge in [0.05, 0.1) is 13.2 Å². The molecule has 0 spiro atoms. The van der Waals surface area contributed by atoms with E-state index in [0.717, 1.165) is 34.2 Å². The third-order valence-corrected chi connectivity index (χ3v) is 6.73. The van der Waals surface area contributed by atoms with Crippen molar-refractivity contribution in [3.05, 3.63) is 41.6 Å². The lowest BCUT2D eigenvalue weighted by molar-refractivity contribution is -0.147. The van der Waals surface area contributed by atoms with Gasteiger partial charge in [-0.3, -0.25) is 4.79 Å². The molecule has 4 rings (SSSR count). The number of nitrogens with one attached hydrogen (secondary N) is 1. The molecule has 2 aliphatic rings. The number of alkyl carbamates (subject to hydrolysis) is 1. The lowest BCUT2D eigenvalue weighted by Crippen LogP contribution is -2.46. The molecule has 1 aromatic heterocycles. The van der Waals surface area contributed by atoms with Crippen molar-refractivity contribution in [2.75, 3.05) is 19.7 Å². The second-order valence-corrected chi connectivity index (χ2v) is 10.1. The molecule has 1 aromatic carbocycles. The van der Waals surface area contributed by atoms with Gasteiger partial charge in [0.15, 0.2) is 0 Å². The number of allylic oxidation sites excluding steroid dienone is 1. The molecule has 3 heterocycles. The van der Waals surface area contributed by atoms with Crippen LogP contribution in [0, 0.1) is 5.41 Å². The van der Waals surface area contributed by atoms with Crippen LogP contribution in [0.5, 0.6) is 0 Å². The zero-order valence-electron chi connectivity index (χ0n) is 20.7. The van der Waals surface area contributed by atoms with E-state index in [4.69, 9.17) is 9.47 Å². The van der Waals surface area contributed by atoms with Gasteiger partial charge in [-0.2, -0.15) is 0 Å². The van der Waals surface area contributed by atoms with Gasteiger partial charge in [0.25, 0.3) is 0 Å². The van der Waals surface area contributed by atoms with Gasteiger partial charge in [0, 0.05) is 24.4 Å². The molecule has 0 aliphatic carbocycles. The fraction of sp³-hybridized carbons (Fsp3) is 0.462. The highest BCUT2D eigenvalue weighted by atomic mass is 16.6. The van der Waals surface area contributed by atoms with Gasteiger partial charge in [-0.15, -0.1) is 0 Å². The normalized spacial score (nSPS) is 24.2. The lowest BCUT2D eigenvalue weighted by Gasteiger charge is -2.24. The van der Waals surface area contributed by atoms with Crippen LogP contribution in [0.2, 0.25) is 0 Å². The number of esters is 1. The predicted octanol–water partition coefficient (Wildman–Crippen LogP) is 2.95. The summed E-state index contributed by atoms with van der Waals surface area (Å²) >= 11 is 0. The molecule has 10 nitrogen and oxygen atoms in total. The number of aromatic nitrogens is 1. The number of fused-ring (bicyclic) bond motifs is 3. The van der Waals surface area contributed by atoms with Crippen LogP contribution in [-0.2, 0) is 26.1 Å². The molecular weight excluding hydrogens is 466 g/mol. The van der Waals surface area contributed by atoms with Crippen LogP contribution in [0.4, 0.5) is 4.79 Å². The van der Waals surface area contributed by atoms with E-state index in [1.54, 1.807) is 17.7 Å². The molecule has 4 bridgehead atoms. The van der Waals surface area contributed by atoms with Crippen molar-refractivity contribution in [1.29, 1.82) is 0 Å². The third kappa shape index (κ3) is 5.37. The van der Waals surface area contributed by atoms with Crippen LogP contribution in [0.25, 0.3) is 17.0 Å². The van der Waals surface area contributed by atoms with Gasteiger partial charge < -0.3 is 29.4 Å². The summed E-state index contributed by atoms with van der Waals surface area (Å²) in [5, 5.41) is 12.9. The number of hydrogen-bond acceptors (Lipinski definition) is 6. The van der Waals surface area contributed by atoms with E-state index in [-0.39, 0.29) is 25.0 Å². The van der Waals surface area contributed by atoms with E-state index < -0.39 is 42.6 Å². The highest BCUT2D eigenvalue weighted by molar-refractivity contribution is 5.99. The van der Waals surface area contributed by atoms with E-state index in [0.29, 0.717) is 5.69 Å². The Morgan fingerprint density at radius 1 is 1.22 bits per heavy atom. The number of aryl methyl sites for hydroxylation is 1. The number of carbonyl (C=O) groups is 4. The Bertz CT molecular complexity index is 1230. The van der Waals surface area contributed by atoms with Crippen molar-refractivity contribution in [3.63, 3.8) is 0 Å². The molecule has 1 saturated heterocycles. The molecule has 2 aromatic rings. The highest BCUT2D eigenvalue weighted by Gasteiger charge is 2.41. The van der Waals surface area contributed by atoms with Crippen molar-refractivity contribution in [1.82, 2.24) is 14.8 Å². The first-order valence-corrected chi connectivity index (χ1v) is 11.9. The summed E-state index contributed by atoms with van der Waals surface area (Å²) in [6, 6.07) is 6.41. The molecule has 1 fully saturated rings. The van der Waals surface area contributed by atoms with Gasteiger partial charge in [-0.05, 0) is 36.0 Å². The maximum absolute atomic E-state index is 13.1. The van der Waals surface area contributed by atoms with Crippen molar-refractivity contribution in [2.24, 2.45) is 12.5 Å². The summed E-state index contributed by atoms with van der Waals surface area (Å²) in [6.07, 6.45) is 3.99. The van der Waals surface area contributed by atoms with Gasteiger partial charge in [0.1, 0.15) is 24.4 Å². The van der Waals surface area contributed by atoms with Crippen molar-refractivity contribution >= 4 is 40.9 Å². The van der Waals surface area contributed by atoms with Crippen LogP contribution in [0.1, 0.15) is 49.2 Å². The summed E-state index contributed by atoms with van der Waals surface area (Å²) in [6.45, 7) is 3.64. The summed E-state index contributed by atoms with van der Waals surface area (Å²) in [4.78, 5) is 50.9. The van der Waals surface area contributed by atoms with Crippen LogP contribution in [-0.4, -0.2) is 70.4 Å². The molecule has 2 atom stereocenters. The zero-order valence-corrected chi connectivity index (χ0v) is 20.7. The second kappa shape index (κ2) is 10.0. The van der Waals surface area contributed by atoms with Crippen LogP contribution >= 0.6 is 0 Å². The Morgan fingerprint density at radius 3 is 2.75 bits per heavy atom. The van der Waals surface area contributed by atoms with Gasteiger partial charge in [-0.1, -0.05) is 38.1 Å². The monoisotopic (exact) mass is 497 g/mol. The van der Waals surface area contributed by atoms with Gasteiger partial charge in [-0.25, -0.2) is 14.4 Å². The highest BCUT2D eigenvalue weighted by Crippen LogP contribution is 2.28. The van der Waals surface area contributed by atoms with E-state index in [2.05, 4.69) is 11.4 Å². The van der Waals surface area contributed by atoms with E-state index in [9.17, 15) is 24.3 Å². The Labute approximate surface area is 208 Å². The van der Waals surface area contributed by atoms with E-state index in [1.165, 1.54) is 0 Å². The molecule has 0 saturated carbocycles. The topological polar surface area (TPSA) is 127 Å². The van der Waals surface area contributed by atoms with Gasteiger partial charge in [0.2, 0.25) is 5.91 Å². The molecule has 2 N–H and O–H groups in total. The number of carboxylic acid groups (broad SMARTS) is 1. The minimum absolute atomic E-state index is 0.0383. The number of aliphatic carboxylic acids is 1. The Morgan fingerprint density at radius 2 is 2.00 bits per heavy atom. The molecule has 2 aliphatic heterocycles. The number of carboxylic acids is 1. The number of benzene rings is 1. The van der Waals surface area contributed by atoms with Crippen LogP contribution in [0.15, 0.2) is 30.3 Å². The SMILES string of the molecule is Cn1c2cc3c(cccc31)/C=C\CCC(C)(C)COC(=O)NCC(=O)N1C[C@@H](C[C@H]1C(=O)O)OC2=O.